The molecule has 0 saturated carbocycles. The molecule has 1 unspecified atom stereocenters. The van der Waals surface area contributed by atoms with Crippen LogP contribution in [0, 0.1) is 0 Å². The Kier molecular flexibility index (Phi) is 5.21. The molecule has 0 fully saturated rings. The van der Waals surface area contributed by atoms with Gasteiger partial charge < -0.3 is 14.6 Å². The van der Waals surface area contributed by atoms with Gasteiger partial charge in [0.2, 0.25) is 0 Å². The molecule has 21 heavy (non-hydrogen) atoms. The molecule has 0 saturated heterocycles. The quantitative estimate of drug-likeness (QED) is 0.848. The Morgan fingerprint density at radius 1 is 1.05 bits per heavy atom. The van der Waals surface area contributed by atoms with E-state index in [-0.39, 0.29) is 6.61 Å². The van der Waals surface area contributed by atoms with Crippen LogP contribution in [0.5, 0.6) is 11.5 Å². The highest BCUT2D eigenvalue weighted by molar-refractivity contribution is 5.76. The first-order valence-electron chi connectivity index (χ1n) is 6.84. The van der Waals surface area contributed by atoms with Gasteiger partial charge in [-0.3, -0.25) is 4.79 Å². The lowest BCUT2D eigenvalue weighted by Gasteiger charge is -2.14. The van der Waals surface area contributed by atoms with Crippen LogP contribution in [-0.4, -0.2) is 24.3 Å². The second-order valence-electron chi connectivity index (χ2n) is 4.52. The van der Waals surface area contributed by atoms with Gasteiger partial charge in [-0.25, -0.2) is 0 Å². The topological polar surface area (TPSA) is 55.8 Å². The lowest BCUT2D eigenvalue weighted by Crippen LogP contribution is -2.19. The van der Waals surface area contributed by atoms with Gasteiger partial charge in [0.15, 0.2) is 0 Å². The highest BCUT2D eigenvalue weighted by Gasteiger charge is 2.20. The van der Waals surface area contributed by atoms with Crippen molar-refractivity contribution in [1.82, 2.24) is 0 Å². The molecule has 2 aromatic rings. The molecule has 0 heterocycles. The van der Waals surface area contributed by atoms with E-state index in [9.17, 15) is 9.90 Å². The van der Waals surface area contributed by atoms with E-state index in [1.807, 2.05) is 37.3 Å². The molecule has 0 aromatic heterocycles. The summed E-state index contributed by atoms with van der Waals surface area (Å²) in [5.74, 6) is -0.283. The molecule has 2 aromatic carbocycles. The molecule has 1 atom stereocenters. The number of benzene rings is 2. The number of rotatable bonds is 7. The van der Waals surface area contributed by atoms with Crippen LogP contribution in [0.15, 0.2) is 54.6 Å². The SMILES string of the molecule is CCOc1cccc(OCC(C(=O)O)c2ccccc2)c1. The third-order valence-corrected chi connectivity index (χ3v) is 3.03. The standard InChI is InChI=1S/C17H18O4/c1-2-20-14-9-6-10-15(11-14)21-12-16(17(18)19)13-7-4-3-5-8-13/h3-11,16H,2,12H2,1H3,(H,18,19). The zero-order valence-corrected chi connectivity index (χ0v) is 11.9. The first kappa shape index (κ1) is 14.9. The summed E-state index contributed by atoms with van der Waals surface area (Å²) < 4.78 is 11.0. The van der Waals surface area contributed by atoms with E-state index >= 15 is 0 Å². The van der Waals surface area contributed by atoms with E-state index in [0.29, 0.717) is 18.1 Å². The molecule has 0 aliphatic heterocycles. The zero-order chi connectivity index (χ0) is 15.1. The molecule has 0 radical (unpaired) electrons. The Bertz CT molecular complexity index is 580. The Morgan fingerprint density at radius 2 is 1.71 bits per heavy atom. The van der Waals surface area contributed by atoms with E-state index in [1.54, 1.807) is 24.3 Å². The smallest absolute Gasteiger partial charge is 0.314 e. The van der Waals surface area contributed by atoms with E-state index in [1.165, 1.54) is 0 Å². The van der Waals surface area contributed by atoms with Crippen molar-refractivity contribution < 1.29 is 19.4 Å². The van der Waals surface area contributed by atoms with Crippen molar-refractivity contribution in [2.24, 2.45) is 0 Å². The van der Waals surface area contributed by atoms with Gasteiger partial charge in [-0.2, -0.15) is 0 Å². The fourth-order valence-electron chi connectivity index (χ4n) is 2.00. The second-order valence-corrected chi connectivity index (χ2v) is 4.52. The van der Waals surface area contributed by atoms with Crippen molar-refractivity contribution in [3.8, 4) is 11.5 Å². The molecular formula is C17H18O4. The Morgan fingerprint density at radius 3 is 2.33 bits per heavy atom. The Balaban J connectivity index is 2.06. The summed E-state index contributed by atoms with van der Waals surface area (Å²) in [5, 5.41) is 9.34. The van der Waals surface area contributed by atoms with Crippen LogP contribution in [0.2, 0.25) is 0 Å². The maximum Gasteiger partial charge on any atom is 0.314 e. The lowest BCUT2D eigenvalue weighted by atomic mass is 10.0. The predicted molar refractivity (Wildman–Crippen MR) is 79.9 cm³/mol. The van der Waals surface area contributed by atoms with Crippen molar-refractivity contribution in [3.05, 3.63) is 60.2 Å². The van der Waals surface area contributed by atoms with Gasteiger partial charge in [-0.15, -0.1) is 0 Å². The number of carboxylic acids is 1. The minimum atomic E-state index is -0.901. The number of carboxylic acid groups (broad SMARTS) is 1. The van der Waals surface area contributed by atoms with E-state index in [0.717, 1.165) is 5.56 Å². The highest BCUT2D eigenvalue weighted by Crippen LogP contribution is 2.22. The third-order valence-electron chi connectivity index (χ3n) is 3.03. The zero-order valence-electron chi connectivity index (χ0n) is 11.9. The molecule has 0 bridgehead atoms. The number of aliphatic carboxylic acids is 1. The van der Waals surface area contributed by atoms with Crippen LogP contribution in [0.1, 0.15) is 18.4 Å². The molecule has 1 N–H and O–H groups in total. The third kappa shape index (κ3) is 4.24. The van der Waals surface area contributed by atoms with Gasteiger partial charge in [0.25, 0.3) is 0 Å². The van der Waals surface area contributed by atoms with Gasteiger partial charge in [0.1, 0.15) is 24.0 Å². The van der Waals surface area contributed by atoms with Gasteiger partial charge in [0.05, 0.1) is 6.61 Å². The van der Waals surface area contributed by atoms with Gasteiger partial charge in [0, 0.05) is 6.07 Å². The average molecular weight is 286 g/mol. The Hall–Kier alpha value is -2.49. The molecule has 0 spiro atoms. The molecule has 0 aliphatic carbocycles. The summed E-state index contributed by atoms with van der Waals surface area (Å²) in [6.07, 6.45) is 0. The summed E-state index contributed by atoms with van der Waals surface area (Å²) in [6, 6.07) is 16.3. The average Bonchev–Trinajstić information content (AvgIpc) is 2.49. The summed E-state index contributed by atoms with van der Waals surface area (Å²) in [5.41, 5.74) is 0.728. The Labute approximate surface area is 123 Å². The highest BCUT2D eigenvalue weighted by atomic mass is 16.5. The summed E-state index contributed by atoms with van der Waals surface area (Å²) in [6.45, 7) is 2.56. The lowest BCUT2D eigenvalue weighted by molar-refractivity contribution is -0.139. The van der Waals surface area contributed by atoms with Crippen LogP contribution in [-0.2, 0) is 4.79 Å². The fraction of sp³-hybridized carbons (Fsp3) is 0.235. The molecule has 0 amide bonds. The fourth-order valence-corrected chi connectivity index (χ4v) is 2.00. The first-order chi connectivity index (χ1) is 10.2. The summed E-state index contributed by atoms with van der Waals surface area (Å²) >= 11 is 0. The molecule has 4 nitrogen and oxygen atoms in total. The second kappa shape index (κ2) is 7.33. The van der Waals surface area contributed by atoms with E-state index in [4.69, 9.17) is 9.47 Å². The van der Waals surface area contributed by atoms with Crippen molar-refractivity contribution in [3.63, 3.8) is 0 Å². The maximum absolute atomic E-state index is 11.4. The van der Waals surface area contributed by atoms with E-state index in [2.05, 4.69) is 0 Å². The van der Waals surface area contributed by atoms with Crippen molar-refractivity contribution in [2.75, 3.05) is 13.2 Å². The van der Waals surface area contributed by atoms with Gasteiger partial charge in [-0.05, 0) is 24.6 Å². The van der Waals surface area contributed by atoms with Crippen LogP contribution >= 0.6 is 0 Å². The summed E-state index contributed by atoms with van der Waals surface area (Å²) in [4.78, 5) is 11.4. The molecule has 4 heteroatoms. The minimum absolute atomic E-state index is 0.0783. The molecule has 2 rings (SSSR count). The van der Waals surface area contributed by atoms with Crippen LogP contribution in [0.25, 0.3) is 0 Å². The number of carbonyl (C=O) groups is 1. The first-order valence-corrected chi connectivity index (χ1v) is 6.84. The number of ether oxygens (including phenoxy) is 2. The molecular weight excluding hydrogens is 268 g/mol. The van der Waals surface area contributed by atoms with Gasteiger partial charge >= 0.3 is 5.97 Å². The minimum Gasteiger partial charge on any atom is -0.494 e. The van der Waals surface area contributed by atoms with Crippen LogP contribution in [0.4, 0.5) is 0 Å². The van der Waals surface area contributed by atoms with Gasteiger partial charge in [-0.1, -0.05) is 36.4 Å². The summed E-state index contributed by atoms with van der Waals surface area (Å²) in [7, 11) is 0. The number of hydrogen-bond donors (Lipinski definition) is 1. The maximum atomic E-state index is 11.4. The van der Waals surface area contributed by atoms with Crippen molar-refractivity contribution in [2.45, 2.75) is 12.8 Å². The predicted octanol–water partition coefficient (Wildman–Crippen LogP) is 3.33. The van der Waals surface area contributed by atoms with Crippen LogP contribution in [0.3, 0.4) is 0 Å². The molecule has 0 aliphatic rings. The number of hydrogen-bond acceptors (Lipinski definition) is 3. The normalized spacial score (nSPS) is 11.7. The van der Waals surface area contributed by atoms with Crippen molar-refractivity contribution in [1.29, 1.82) is 0 Å². The monoisotopic (exact) mass is 286 g/mol. The van der Waals surface area contributed by atoms with Crippen LogP contribution < -0.4 is 9.47 Å². The molecule has 110 valence electrons. The van der Waals surface area contributed by atoms with Crippen molar-refractivity contribution >= 4 is 5.97 Å². The van der Waals surface area contributed by atoms with E-state index < -0.39 is 11.9 Å². The largest absolute Gasteiger partial charge is 0.494 e.